The molecule has 2 nitrogen and oxygen atoms in total. The zero-order valence-corrected chi connectivity index (χ0v) is 16.3. The minimum Gasteiger partial charge on any atom is -0.396 e. The van der Waals surface area contributed by atoms with E-state index in [-0.39, 0.29) is 0 Å². The number of benzene rings is 1. The fourth-order valence-corrected chi connectivity index (χ4v) is 5.34. The lowest BCUT2D eigenvalue weighted by molar-refractivity contribution is 0.0863. The van der Waals surface area contributed by atoms with Crippen molar-refractivity contribution in [3.8, 4) is 0 Å². The molecule has 0 radical (unpaired) electrons. The van der Waals surface area contributed by atoms with Crippen molar-refractivity contribution < 1.29 is 5.11 Å². The van der Waals surface area contributed by atoms with E-state index in [0.29, 0.717) is 18.4 Å². The summed E-state index contributed by atoms with van der Waals surface area (Å²) in [4.78, 5) is 2.66. The summed E-state index contributed by atoms with van der Waals surface area (Å²) in [5.74, 6) is 1.80. The number of aliphatic hydroxyl groups is 1. The maximum Gasteiger partial charge on any atom is 0.0477 e. The number of rotatable bonds is 4. The number of aliphatic hydroxyl groups excluding tert-OH is 1. The Kier molecular flexibility index (Phi) is 6.95. The van der Waals surface area contributed by atoms with Gasteiger partial charge in [0.15, 0.2) is 0 Å². The van der Waals surface area contributed by atoms with Crippen LogP contribution in [0.15, 0.2) is 18.2 Å². The fourth-order valence-electron chi connectivity index (χ4n) is 5.34. The van der Waals surface area contributed by atoms with E-state index >= 15 is 0 Å². The first-order valence-electron chi connectivity index (χ1n) is 10.6. The molecule has 25 heavy (non-hydrogen) atoms. The van der Waals surface area contributed by atoms with Crippen LogP contribution in [0, 0.1) is 25.7 Å². The van der Waals surface area contributed by atoms with E-state index in [1.807, 2.05) is 0 Å². The van der Waals surface area contributed by atoms with Crippen molar-refractivity contribution in [2.24, 2.45) is 11.8 Å². The third-order valence-electron chi connectivity index (χ3n) is 6.71. The van der Waals surface area contributed by atoms with E-state index in [0.717, 1.165) is 12.5 Å². The average molecular weight is 344 g/mol. The molecule has 2 heteroatoms. The van der Waals surface area contributed by atoms with Gasteiger partial charge in [0, 0.05) is 25.6 Å². The lowest BCUT2D eigenvalue weighted by Crippen LogP contribution is -2.43. The molecule has 1 saturated carbocycles. The van der Waals surface area contributed by atoms with Crippen molar-refractivity contribution in [3.05, 3.63) is 34.9 Å². The van der Waals surface area contributed by atoms with Gasteiger partial charge in [-0.3, -0.25) is 0 Å². The molecule has 0 unspecified atom stereocenters. The van der Waals surface area contributed by atoms with Gasteiger partial charge in [0.05, 0.1) is 0 Å². The quantitative estimate of drug-likeness (QED) is 0.826. The van der Waals surface area contributed by atoms with Crippen LogP contribution in [0.2, 0.25) is 0 Å². The zero-order chi connectivity index (χ0) is 17.6. The van der Waals surface area contributed by atoms with Crippen molar-refractivity contribution in [2.45, 2.75) is 71.1 Å². The van der Waals surface area contributed by atoms with Gasteiger partial charge in [-0.1, -0.05) is 50.3 Å². The smallest absolute Gasteiger partial charge is 0.0477 e. The molecule has 1 heterocycles. The van der Waals surface area contributed by atoms with E-state index < -0.39 is 0 Å². The van der Waals surface area contributed by atoms with Gasteiger partial charge in [-0.05, 0) is 68.2 Å². The summed E-state index contributed by atoms with van der Waals surface area (Å²) < 4.78 is 0. The van der Waals surface area contributed by atoms with Crippen LogP contribution in [0.1, 0.15) is 74.0 Å². The standard InChI is InChI=1S/C23H37NO/c1-18-9-8-10-19(2)23(18)22-13-14-24(16-21(22)17-25)15-20-11-6-4-3-5-7-12-20/h8-10,20-22,25H,3-7,11-17H2,1-2H3/t21-,22+/m0/s1. The first-order chi connectivity index (χ1) is 12.2. The van der Waals surface area contributed by atoms with Gasteiger partial charge in [0.2, 0.25) is 0 Å². The Morgan fingerprint density at radius 2 is 1.60 bits per heavy atom. The van der Waals surface area contributed by atoms with Gasteiger partial charge in [-0.25, -0.2) is 0 Å². The number of likely N-dealkylation sites (tertiary alicyclic amines) is 1. The Bertz CT molecular complexity index is 513. The largest absolute Gasteiger partial charge is 0.396 e. The molecule has 1 aliphatic carbocycles. The summed E-state index contributed by atoms with van der Waals surface area (Å²) >= 11 is 0. The van der Waals surface area contributed by atoms with Crippen LogP contribution in [0.3, 0.4) is 0 Å². The Hall–Kier alpha value is -0.860. The predicted octanol–water partition coefficient (Wildman–Crippen LogP) is 5.06. The van der Waals surface area contributed by atoms with Crippen LogP contribution in [-0.2, 0) is 0 Å². The first kappa shape index (κ1) is 18.9. The van der Waals surface area contributed by atoms with Crippen LogP contribution in [0.4, 0.5) is 0 Å². The molecule has 1 saturated heterocycles. The number of hydrogen-bond acceptors (Lipinski definition) is 2. The van der Waals surface area contributed by atoms with E-state index in [2.05, 4.69) is 36.9 Å². The normalized spacial score (nSPS) is 27.0. The highest BCUT2D eigenvalue weighted by Crippen LogP contribution is 2.37. The van der Waals surface area contributed by atoms with E-state index in [9.17, 15) is 5.11 Å². The van der Waals surface area contributed by atoms with Gasteiger partial charge in [-0.15, -0.1) is 0 Å². The highest BCUT2D eigenvalue weighted by Gasteiger charge is 2.32. The molecule has 2 atom stereocenters. The highest BCUT2D eigenvalue weighted by atomic mass is 16.3. The van der Waals surface area contributed by atoms with Crippen molar-refractivity contribution in [3.63, 3.8) is 0 Å². The van der Waals surface area contributed by atoms with Crippen LogP contribution >= 0.6 is 0 Å². The Morgan fingerprint density at radius 3 is 2.24 bits per heavy atom. The number of hydrogen-bond donors (Lipinski definition) is 1. The zero-order valence-electron chi connectivity index (χ0n) is 16.3. The highest BCUT2D eigenvalue weighted by molar-refractivity contribution is 5.37. The molecule has 0 bridgehead atoms. The third kappa shape index (κ3) is 4.86. The predicted molar refractivity (Wildman–Crippen MR) is 106 cm³/mol. The third-order valence-corrected chi connectivity index (χ3v) is 6.71. The number of aryl methyl sites for hydroxylation is 2. The second-order valence-electron chi connectivity index (χ2n) is 8.61. The summed E-state index contributed by atoms with van der Waals surface area (Å²) in [6, 6.07) is 6.63. The van der Waals surface area contributed by atoms with Crippen molar-refractivity contribution in [2.75, 3.05) is 26.2 Å². The van der Waals surface area contributed by atoms with Gasteiger partial charge < -0.3 is 10.0 Å². The summed E-state index contributed by atoms with van der Waals surface area (Å²) in [7, 11) is 0. The minimum atomic E-state index is 0.319. The first-order valence-corrected chi connectivity index (χ1v) is 10.6. The van der Waals surface area contributed by atoms with Crippen molar-refractivity contribution in [1.29, 1.82) is 0 Å². The molecule has 0 aromatic heterocycles. The lowest BCUT2D eigenvalue weighted by atomic mass is 9.77. The van der Waals surface area contributed by atoms with Gasteiger partial charge in [0.1, 0.15) is 0 Å². The molecule has 140 valence electrons. The molecule has 2 fully saturated rings. The molecule has 1 N–H and O–H groups in total. The van der Waals surface area contributed by atoms with Crippen LogP contribution < -0.4 is 0 Å². The Labute approximate surface area is 154 Å². The van der Waals surface area contributed by atoms with Crippen LogP contribution in [0.25, 0.3) is 0 Å². The summed E-state index contributed by atoms with van der Waals surface area (Å²) in [6.45, 7) is 8.32. The summed E-state index contributed by atoms with van der Waals surface area (Å²) in [6.07, 6.45) is 11.2. The van der Waals surface area contributed by atoms with Crippen molar-refractivity contribution in [1.82, 2.24) is 4.90 Å². The Balaban J connectivity index is 1.63. The van der Waals surface area contributed by atoms with Crippen LogP contribution in [0.5, 0.6) is 0 Å². The SMILES string of the molecule is Cc1cccc(C)c1[C@@H]1CCN(CC2CCCCCCC2)C[C@H]1CO. The summed E-state index contributed by atoms with van der Waals surface area (Å²) in [5, 5.41) is 10.1. The average Bonchev–Trinajstić information content (AvgIpc) is 2.58. The van der Waals surface area contributed by atoms with E-state index in [1.165, 1.54) is 81.1 Å². The molecule has 0 amide bonds. The molecule has 3 rings (SSSR count). The van der Waals surface area contributed by atoms with Gasteiger partial charge >= 0.3 is 0 Å². The monoisotopic (exact) mass is 343 g/mol. The lowest BCUT2D eigenvalue weighted by Gasteiger charge is -2.40. The fraction of sp³-hybridized carbons (Fsp3) is 0.739. The van der Waals surface area contributed by atoms with Crippen LogP contribution in [-0.4, -0.2) is 36.2 Å². The van der Waals surface area contributed by atoms with E-state index in [1.54, 1.807) is 0 Å². The molecule has 0 spiro atoms. The molecular weight excluding hydrogens is 306 g/mol. The van der Waals surface area contributed by atoms with E-state index in [4.69, 9.17) is 0 Å². The minimum absolute atomic E-state index is 0.319. The second-order valence-corrected chi connectivity index (χ2v) is 8.61. The number of nitrogens with zero attached hydrogens (tertiary/aromatic N) is 1. The topological polar surface area (TPSA) is 23.5 Å². The maximum atomic E-state index is 10.1. The molecule has 2 aliphatic rings. The van der Waals surface area contributed by atoms with Gasteiger partial charge in [0.25, 0.3) is 0 Å². The molecule has 1 aliphatic heterocycles. The van der Waals surface area contributed by atoms with Crippen molar-refractivity contribution >= 4 is 0 Å². The molecular formula is C23H37NO. The molecule has 1 aromatic rings. The number of piperidine rings is 1. The Morgan fingerprint density at radius 1 is 0.960 bits per heavy atom. The summed E-state index contributed by atoms with van der Waals surface area (Å²) in [5.41, 5.74) is 4.31. The maximum absolute atomic E-state index is 10.1. The van der Waals surface area contributed by atoms with Gasteiger partial charge in [-0.2, -0.15) is 0 Å². The molecule has 1 aromatic carbocycles. The second kappa shape index (κ2) is 9.19.